The zero-order chi connectivity index (χ0) is 13.8. The van der Waals surface area contributed by atoms with Crippen LogP contribution in [0.25, 0.3) is 0 Å². The standard InChI is InChI=1S/C14H11NO4/c1-2-3-4-9-12(16)19-15-13(17)10-7-5-6-8-11(10)14(15)18/h5-8H,2,9H2,1H3. The van der Waals surface area contributed by atoms with Gasteiger partial charge in [-0.3, -0.25) is 9.59 Å². The number of carbonyl (C=O) groups excluding carboxylic acids is 3. The molecule has 1 aliphatic heterocycles. The predicted octanol–water partition coefficient (Wildman–Crippen LogP) is 1.54. The molecule has 1 aromatic rings. The number of rotatable bonds is 2. The minimum atomic E-state index is -0.726. The van der Waals surface area contributed by atoms with Crippen LogP contribution in [0.2, 0.25) is 0 Å². The van der Waals surface area contributed by atoms with Crippen LogP contribution in [-0.2, 0) is 9.63 Å². The van der Waals surface area contributed by atoms with Gasteiger partial charge in [0.15, 0.2) is 0 Å². The molecular formula is C14H11NO4. The van der Waals surface area contributed by atoms with Crippen LogP contribution in [0.3, 0.4) is 0 Å². The zero-order valence-electron chi connectivity index (χ0n) is 10.3. The fraction of sp³-hybridized carbons (Fsp3) is 0.214. The van der Waals surface area contributed by atoms with Gasteiger partial charge in [-0.25, -0.2) is 4.79 Å². The number of hydrogen-bond acceptors (Lipinski definition) is 4. The molecule has 0 unspecified atom stereocenters. The molecule has 2 rings (SSSR count). The summed E-state index contributed by atoms with van der Waals surface area (Å²) in [6, 6.07) is 6.31. The normalized spacial score (nSPS) is 12.8. The van der Waals surface area contributed by atoms with E-state index in [1.165, 1.54) is 12.1 Å². The molecule has 5 nitrogen and oxygen atoms in total. The van der Waals surface area contributed by atoms with Crippen molar-refractivity contribution in [2.75, 3.05) is 0 Å². The molecule has 0 saturated heterocycles. The van der Waals surface area contributed by atoms with Gasteiger partial charge in [-0.2, -0.15) is 0 Å². The highest BCUT2D eigenvalue weighted by Gasteiger charge is 2.38. The third-order valence-electron chi connectivity index (χ3n) is 2.48. The maximum atomic E-state index is 11.9. The van der Waals surface area contributed by atoms with Crippen LogP contribution in [-0.4, -0.2) is 22.8 Å². The average molecular weight is 257 g/mol. The van der Waals surface area contributed by atoms with Gasteiger partial charge in [0.2, 0.25) is 0 Å². The van der Waals surface area contributed by atoms with Gasteiger partial charge >= 0.3 is 5.97 Å². The summed E-state index contributed by atoms with van der Waals surface area (Å²) >= 11 is 0. The first-order valence-electron chi connectivity index (χ1n) is 5.79. The lowest BCUT2D eigenvalue weighted by atomic mass is 10.1. The van der Waals surface area contributed by atoms with Crippen molar-refractivity contribution >= 4 is 17.8 Å². The first-order chi connectivity index (χ1) is 9.15. The summed E-state index contributed by atoms with van der Waals surface area (Å²) < 4.78 is 0. The molecule has 0 saturated carbocycles. The van der Waals surface area contributed by atoms with Crippen molar-refractivity contribution in [3.8, 4) is 11.8 Å². The molecule has 96 valence electrons. The average Bonchev–Trinajstić information content (AvgIpc) is 2.65. The Bertz CT molecular complexity index is 574. The first kappa shape index (κ1) is 12.8. The maximum absolute atomic E-state index is 11.9. The van der Waals surface area contributed by atoms with Crippen LogP contribution in [0.15, 0.2) is 24.3 Å². The molecule has 1 aromatic carbocycles. The van der Waals surface area contributed by atoms with E-state index in [0.29, 0.717) is 11.5 Å². The molecule has 0 atom stereocenters. The summed E-state index contributed by atoms with van der Waals surface area (Å²) in [5.41, 5.74) is 0.472. The highest BCUT2D eigenvalue weighted by Crippen LogP contribution is 2.22. The molecule has 1 heterocycles. The third kappa shape index (κ3) is 2.47. The van der Waals surface area contributed by atoms with E-state index in [1.54, 1.807) is 12.1 Å². The Kier molecular flexibility index (Phi) is 3.62. The van der Waals surface area contributed by atoms with E-state index in [-0.39, 0.29) is 17.5 Å². The summed E-state index contributed by atoms with van der Waals surface area (Å²) in [5, 5.41) is 0.487. The van der Waals surface area contributed by atoms with Crippen molar-refractivity contribution in [2.24, 2.45) is 0 Å². The summed E-state index contributed by atoms with van der Waals surface area (Å²) in [6.07, 6.45) is 0.474. The van der Waals surface area contributed by atoms with Crippen LogP contribution in [0, 0.1) is 11.8 Å². The van der Waals surface area contributed by atoms with Crippen molar-refractivity contribution in [1.29, 1.82) is 0 Å². The number of imide groups is 1. The van der Waals surface area contributed by atoms with Crippen LogP contribution in [0.5, 0.6) is 0 Å². The first-order valence-corrected chi connectivity index (χ1v) is 5.79. The van der Waals surface area contributed by atoms with Crippen LogP contribution < -0.4 is 0 Å². The number of nitrogens with zero attached hydrogens (tertiary/aromatic N) is 1. The number of carbonyl (C=O) groups is 3. The quantitative estimate of drug-likeness (QED) is 0.595. The molecule has 0 aromatic heterocycles. The number of hydroxylamine groups is 2. The van der Waals surface area contributed by atoms with Gasteiger partial charge in [0, 0.05) is 6.42 Å². The molecule has 0 radical (unpaired) electrons. The minimum Gasteiger partial charge on any atom is -0.329 e. The minimum absolute atomic E-state index is 0.152. The Labute approximate surface area is 110 Å². The summed E-state index contributed by atoms with van der Waals surface area (Å²) in [7, 11) is 0. The van der Waals surface area contributed by atoms with Gasteiger partial charge < -0.3 is 4.84 Å². The second-order valence-corrected chi connectivity index (χ2v) is 3.80. The highest BCUT2D eigenvalue weighted by atomic mass is 16.7. The molecule has 0 spiro atoms. The smallest absolute Gasteiger partial charge is 0.329 e. The molecule has 0 bridgehead atoms. The summed E-state index contributed by atoms with van der Waals surface area (Å²) in [5.74, 6) is 3.31. The maximum Gasteiger partial charge on any atom is 0.345 e. The molecule has 19 heavy (non-hydrogen) atoms. The largest absolute Gasteiger partial charge is 0.345 e. The van der Waals surface area contributed by atoms with Crippen molar-refractivity contribution in [1.82, 2.24) is 5.06 Å². The second-order valence-electron chi connectivity index (χ2n) is 3.80. The van der Waals surface area contributed by atoms with Crippen molar-refractivity contribution in [3.05, 3.63) is 35.4 Å². The Morgan fingerprint density at radius 3 is 2.26 bits per heavy atom. The van der Waals surface area contributed by atoms with E-state index >= 15 is 0 Å². The number of fused-ring (bicyclic) bond motifs is 1. The number of hydrogen-bond donors (Lipinski definition) is 0. The Morgan fingerprint density at radius 2 is 1.74 bits per heavy atom. The summed E-state index contributed by atoms with van der Waals surface area (Å²) in [6.45, 7) is 1.85. The predicted molar refractivity (Wildman–Crippen MR) is 65.7 cm³/mol. The van der Waals surface area contributed by atoms with Gasteiger partial charge in [-0.1, -0.05) is 30.0 Å². The van der Waals surface area contributed by atoms with E-state index < -0.39 is 17.8 Å². The van der Waals surface area contributed by atoms with E-state index in [9.17, 15) is 14.4 Å². The van der Waals surface area contributed by atoms with Crippen molar-refractivity contribution in [2.45, 2.75) is 19.8 Å². The van der Waals surface area contributed by atoms with E-state index in [0.717, 1.165) is 0 Å². The lowest BCUT2D eigenvalue weighted by Crippen LogP contribution is -2.32. The van der Waals surface area contributed by atoms with Gasteiger partial charge in [0.25, 0.3) is 11.8 Å². The molecule has 1 aliphatic rings. The Morgan fingerprint density at radius 1 is 1.16 bits per heavy atom. The Balaban J connectivity index is 2.10. The number of amides is 2. The van der Waals surface area contributed by atoms with Gasteiger partial charge in [-0.05, 0) is 12.1 Å². The lowest BCUT2D eigenvalue weighted by molar-refractivity contribution is -0.167. The van der Waals surface area contributed by atoms with Crippen LogP contribution in [0.4, 0.5) is 0 Å². The van der Waals surface area contributed by atoms with E-state index in [2.05, 4.69) is 11.8 Å². The summed E-state index contributed by atoms with van der Waals surface area (Å²) in [4.78, 5) is 39.9. The van der Waals surface area contributed by atoms with Gasteiger partial charge in [0.1, 0.15) is 6.42 Å². The number of benzene rings is 1. The zero-order valence-corrected chi connectivity index (χ0v) is 10.3. The molecule has 2 amide bonds. The van der Waals surface area contributed by atoms with Crippen LogP contribution >= 0.6 is 0 Å². The third-order valence-corrected chi connectivity index (χ3v) is 2.48. The van der Waals surface area contributed by atoms with Gasteiger partial charge in [-0.15, -0.1) is 5.92 Å². The molecule has 0 aliphatic carbocycles. The topological polar surface area (TPSA) is 63.7 Å². The van der Waals surface area contributed by atoms with E-state index in [4.69, 9.17) is 4.84 Å². The second kappa shape index (κ2) is 5.36. The van der Waals surface area contributed by atoms with Crippen molar-refractivity contribution in [3.63, 3.8) is 0 Å². The SMILES string of the molecule is CCC#CCC(=O)ON1C(=O)c2ccccc2C1=O. The van der Waals surface area contributed by atoms with Gasteiger partial charge in [0.05, 0.1) is 11.1 Å². The monoisotopic (exact) mass is 257 g/mol. The van der Waals surface area contributed by atoms with Crippen LogP contribution in [0.1, 0.15) is 40.5 Å². The highest BCUT2D eigenvalue weighted by molar-refractivity contribution is 6.20. The molecular weight excluding hydrogens is 246 g/mol. The molecule has 5 heteroatoms. The fourth-order valence-corrected chi connectivity index (χ4v) is 1.64. The Hall–Kier alpha value is -2.61. The molecule has 0 fully saturated rings. The lowest BCUT2D eigenvalue weighted by Gasteiger charge is -2.11. The molecule has 0 N–H and O–H groups in total. The fourth-order valence-electron chi connectivity index (χ4n) is 1.64. The van der Waals surface area contributed by atoms with Crippen molar-refractivity contribution < 1.29 is 19.2 Å². The van der Waals surface area contributed by atoms with E-state index in [1.807, 2.05) is 6.92 Å².